The molecule has 6 heteroatoms. The van der Waals surface area contributed by atoms with E-state index in [0.29, 0.717) is 26.5 Å². The van der Waals surface area contributed by atoms with E-state index in [2.05, 4.69) is 15.3 Å². The number of halogens is 2. The van der Waals surface area contributed by atoms with E-state index in [0.717, 1.165) is 16.8 Å². The summed E-state index contributed by atoms with van der Waals surface area (Å²) in [6.45, 7) is 5.63. The Morgan fingerprint density at radius 3 is 2.55 bits per heavy atom. The first-order valence-electron chi connectivity index (χ1n) is 5.96. The first-order valence-corrected chi connectivity index (χ1v) is 7.12. The van der Waals surface area contributed by atoms with Crippen LogP contribution in [0.4, 0.5) is 5.69 Å². The predicted molar refractivity (Wildman–Crippen MR) is 88.0 cm³/mol. The minimum Gasteiger partial charge on any atom is -0.344 e. The summed E-state index contributed by atoms with van der Waals surface area (Å²) in [6, 6.07) is 3.64. The van der Waals surface area contributed by atoms with Crippen molar-refractivity contribution in [2.24, 2.45) is 0 Å². The minimum atomic E-state index is 0.497. The Labute approximate surface area is 133 Å². The van der Waals surface area contributed by atoms with Gasteiger partial charge in [0.25, 0.3) is 0 Å². The van der Waals surface area contributed by atoms with Gasteiger partial charge in [-0.25, -0.2) is 9.97 Å². The van der Waals surface area contributed by atoms with Gasteiger partial charge in [0.2, 0.25) is 0 Å². The fourth-order valence-electron chi connectivity index (χ4n) is 1.76. The number of nitrogens with one attached hydrogen (secondary N) is 1. The maximum absolute atomic E-state index is 6.26. The molecule has 0 radical (unpaired) electrons. The van der Waals surface area contributed by atoms with Crippen LogP contribution in [0.5, 0.6) is 0 Å². The molecule has 0 saturated carbocycles. The molecule has 0 atom stereocenters. The summed E-state index contributed by atoms with van der Waals surface area (Å²) in [7, 11) is 0. The Bertz CT molecular complexity index is 686. The molecule has 0 spiro atoms. The second-order valence-electron chi connectivity index (χ2n) is 4.42. The van der Waals surface area contributed by atoms with E-state index in [1.54, 1.807) is 12.3 Å². The van der Waals surface area contributed by atoms with Crippen molar-refractivity contribution in [3.05, 3.63) is 51.0 Å². The molecule has 1 N–H and O–H groups in total. The largest absolute Gasteiger partial charge is 0.344 e. The molecule has 0 aliphatic carbocycles. The highest BCUT2D eigenvalue weighted by Gasteiger charge is 2.13. The van der Waals surface area contributed by atoms with E-state index in [-0.39, 0.29) is 0 Å². The molecular formula is C14H13Cl2N3S. The third kappa shape index (κ3) is 3.08. The molecule has 104 valence electrons. The van der Waals surface area contributed by atoms with Gasteiger partial charge in [-0.2, -0.15) is 0 Å². The van der Waals surface area contributed by atoms with Crippen LogP contribution in [0.25, 0.3) is 0 Å². The maximum Gasteiger partial charge on any atom is 0.125 e. The average Bonchev–Trinajstić information content (AvgIpc) is 2.39. The first kappa shape index (κ1) is 15.2. The Balaban J connectivity index is 2.35. The zero-order valence-corrected chi connectivity index (χ0v) is 13.6. The van der Waals surface area contributed by atoms with E-state index < -0.39 is 0 Å². The minimum absolute atomic E-state index is 0.497. The van der Waals surface area contributed by atoms with Crippen LogP contribution in [-0.2, 0) is 0 Å². The molecular weight excluding hydrogens is 313 g/mol. The van der Waals surface area contributed by atoms with Crippen molar-refractivity contribution < 1.29 is 0 Å². The van der Waals surface area contributed by atoms with Crippen molar-refractivity contribution in [3.63, 3.8) is 0 Å². The van der Waals surface area contributed by atoms with Gasteiger partial charge in [-0.1, -0.05) is 41.5 Å². The highest BCUT2D eigenvalue weighted by Crippen LogP contribution is 2.33. The smallest absolute Gasteiger partial charge is 0.125 e. The lowest BCUT2D eigenvalue weighted by atomic mass is 10.2. The van der Waals surface area contributed by atoms with Crippen molar-refractivity contribution in [2.45, 2.75) is 20.8 Å². The van der Waals surface area contributed by atoms with Crippen molar-refractivity contribution in [3.8, 4) is 0 Å². The van der Waals surface area contributed by atoms with Crippen LogP contribution < -0.4 is 5.32 Å². The number of hydrogen-bond donors (Lipinski definition) is 1. The molecule has 0 fully saturated rings. The Morgan fingerprint density at radius 2 is 1.90 bits per heavy atom. The zero-order valence-electron chi connectivity index (χ0n) is 11.3. The van der Waals surface area contributed by atoms with Gasteiger partial charge < -0.3 is 5.32 Å². The zero-order chi connectivity index (χ0) is 14.9. The third-order valence-electron chi connectivity index (χ3n) is 2.87. The topological polar surface area (TPSA) is 37.8 Å². The van der Waals surface area contributed by atoms with Gasteiger partial charge >= 0.3 is 0 Å². The number of aromatic nitrogens is 2. The molecule has 2 aromatic rings. The number of hydrogen-bond acceptors (Lipinski definition) is 3. The molecule has 3 nitrogen and oxygen atoms in total. The second-order valence-corrected chi connectivity index (χ2v) is 5.62. The quantitative estimate of drug-likeness (QED) is 0.825. The lowest BCUT2D eigenvalue weighted by Crippen LogP contribution is -2.14. The number of aryl methyl sites for hydroxylation is 3. The normalized spacial score (nSPS) is 10.4. The summed E-state index contributed by atoms with van der Waals surface area (Å²) in [5.41, 5.74) is 3.12. The molecule has 1 aromatic heterocycles. The standard InChI is InChI=1S/C14H13Cl2N3S/c1-7-4-5-11(15)13(12(7)16)19-14(20)10-6-17-9(3)18-8(10)2/h4-6H,1-3H3,(H,19,20). The Hall–Kier alpha value is -1.23. The van der Waals surface area contributed by atoms with Gasteiger partial charge in [-0.3, -0.25) is 0 Å². The van der Waals surface area contributed by atoms with Crippen LogP contribution in [0.1, 0.15) is 22.6 Å². The number of anilines is 1. The van der Waals surface area contributed by atoms with E-state index >= 15 is 0 Å². The van der Waals surface area contributed by atoms with Crippen molar-refractivity contribution >= 4 is 46.1 Å². The lowest BCUT2D eigenvalue weighted by Gasteiger charge is -2.14. The van der Waals surface area contributed by atoms with Crippen molar-refractivity contribution in [1.82, 2.24) is 9.97 Å². The van der Waals surface area contributed by atoms with E-state index in [1.807, 2.05) is 26.8 Å². The summed E-state index contributed by atoms with van der Waals surface area (Å²) in [5, 5.41) is 4.17. The van der Waals surface area contributed by atoms with E-state index in [9.17, 15) is 0 Å². The van der Waals surface area contributed by atoms with Crippen LogP contribution in [0.15, 0.2) is 18.3 Å². The fraction of sp³-hybridized carbons (Fsp3) is 0.214. The fourth-order valence-corrected chi connectivity index (χ4v) is 2.53. The second kappa shape index (κ2) is 6.04. The number of rotatable bonds is 2. The van der Waals surface area contributed by atoms with Gasteiger partial charge in [-0.05, 0) is 32.4 Å². The molecule has 20 heavy (non-hydrogen) atoms. The van der Waals surface area contributed by atoms with Gasteiger partial charge in [0.05, 0.1) is 21.4 Å². The van der Waals surface area contributed by atoms with Crippen molar-refractivity contribution in [1.29, 1.82) is 0 Å². The van der Waals surface area contributed by atoms with Crippen LogP contribution in [0.3, 0.4) is 0 Å². The highest BCUT2D eigenvalue weighted by molar-refractivity contribution is 7.81. The third-order valence-corrected chi connectivity index (χ3v) is 3.99. The predicted octanol–water partition coefficient (Wildman–Crippen LogP) is 4.50. The summed E-state index contributed by atoms with van der Waals surface area (Å²) in [5.74, 6) is 0.709. The average molecular weight is 326 g/mol. The van der Waals surface area contributed by atoms with E-state index in [4.69, 9.17) is 35.4 Å². The lowest BCUT2D eigenvalue weighted by molar-refractivity contribution is 1.01. The Morgan fingerprint density at radius 1 is 1.20 bits per heavy atom. The molecule has 2 rings (SSSR count). The van der Waals surface area contributed by atoms with Gasteiger partial charge in [0, 0.05) is 11.8 Å². The van der Waals surface area contributed by atoms with Crippen LogP contribution in [0.2, 0.25) is 10.0 Å². The Kier molecular flexibility index (Phi) is 4.58. The van der Waals surface area contributed by atoms with E-state index in [1.165, 1.54) is 0 Å². The van der Waals surface area contributed by atoms with Crippen LogP contribution in [-0.4, -0.2) is 15.0 Å². The molecule has 1 heterocycles. The van der Waals surface area contributed by atoms with Gasteiger partial charge in [0.15, 0.2) is 0 Å². The summed E-state index contributed by atoms with van der Waals surface area (Å²) in [6.07, 6.45) is 1.70. The van der Waals surface area contributed by atoms with Crippen LogP contribution in [0, 0.1) is 20.8 Å². The first-order chi connectivity index (χ1) is 9.40. The summed E-state index contributed by atoms with van der Waals surface area (Å²) >= 11 is 17.8. The highest BCUT2D eigenvalue weighted by atomic mass is 35.5. The number of nitrogens with zero attached hydrogens (tertiary/aromatic N) is 2. The van der Waals surface area contributed by atoms with Crippen LogP contribution >= 0.6 is 35.4 Å². The summed E-state index contributed by atoms with van der Waals surface area (Å²) in [4.78, 5) is 8.95. The van der Waals surface area contributed by atoms with Gasteiger partial charge in [0.1, 0.15) is 10.8 Å². The molecule has 0 amide bonds. The van der Waals surface area contributed by atoms with Crippen molar-refractivity contribution in [2.75, 3.05) is 5.32 Å². The molecule has 0 aliphatic rings. The monoisotopic (exact) mass is 325 g/mol. The van der Waals surface area contributed by atoms with Gasteiger partial charge in [-0.15, -0.1) is 0 Å². The molecule has 1 aromatic carbocycles. The summed E-state index contributed by atoms with van der Waals surface area (Å²) < 4.78 is 0. The maximum atomic E-state index is 6.26. The molecule has 0 unspecified atom stereocenters. The number of benzene rings is 1. The number of thiocarbonyl (C=S) groups is 1. The molecule has 0 saturated heterocycles. The molecule has 0 bridgehead atoms. The SMILES string of the molecule is Cc1ncc(C(=S)Nc2c(Cl)ccc(C)c2Cl)c(C)n1. The molecule has 0 aliphatic heterocycles.